The number of nitrogens with zero attached hydrogens (tertiary/aromatic N) is 2. The molecule has 26 heavy (non-hydrogen) atoms. The normalized spacial score (nSPS) is 20.6. The highest BCUT2D eigenvalue weighted by atomic mass is 32.1. The van der Waals surface area contributed by atoms with Crippen LogP contribution in [0.2, 0.25) is 0 Å². The van der Waals surface area contributed by atoms with E-state index in [0.29, 0.717) is 5.92 Å². The summed E-state index contributed by atoms with van der Waals surface area (Å²) in [7, 11) is 0. The van der Waals surface area contributed by atoms with E-state index < -0.39 is 0 Å². The number of benzene rings is 1. The van der Waals surface area contributed by atoms with Gasteiger partial charge in [0.05, 0.1) is 34.1 Å². The highest BCUT2D eigenvalue weighted by Crippen LogP contribution is 2.30. The van der Waals surface area contributed by atoms with Gasteiger partial charge >= 0.3 is 0 Å². The molecule has 0 bridgehead atoms. The molecular weight excluding hydrogens is 362 g/mol. The van der Waals surface area contributed by atoms with Crippen LogP contribution in [0, 0.1) is 0 Å². The maximum absolute atomic E-state index is 5.68. The summed E-state index contributed by atoms with van der Waals surface area (Å²) in [5, 5.41) is 3.35. The van der Waals surface area contributed by atoms with Crippen LogP contribution in [-0.2, 0) is 6.54 Å². The Kier molecular flexibility index (Phi) is 4.32. The first-order valence-electron chi connectivity index (χ1n) is 9.02. The molecule has 5 rings (SSSR count). The van der Waals surface area contributed by atoms with E-state index in [4.69, 9.17) is 9.40 Å². The van der Waals surface area contributed by atoms with Crippen molar-refractivity contribution in [3.05, 3.63) is 58.7 Å². The lowest BCUT2D eigenvalue weighted by Crippen LogP contribution is -3.12. The lowest BCUT2D eigenvalue weighted by atomic mass is 9.98. The van der Waals surface area contributed by atoms with Gasteiger partial charge in [-0.15, -0.1) is 22.7 Å². The first kappa shape index (κ1) is 16.2. The largest absolute Gasteiger partial charge is 0.443 e. The highest BCUT2D eigenvalue weighted by molar-refractivity contribution is 7.18. The molecule has 0 spiro atoms. The molecule has 1 unspecified atom stereocenters. The van der Waals surface area contributed by atoms with E-state index in [0.717, 1.165) is 35.1 Å². The summed E-state index contributed by atoms with van der Waals surface area (Å²) in [5.41, 5.74) is 2.19. The van der Waals surface area contributed by atoms with Crippen molar-refractivity contribution in [3.63, 3.8) is 0 Å². The number of rotatable bonds is 4. The van der Waals surface area contributed by atoms with E-state index in [2.05, 4.69) is 40.7 Å². The summed E-state index contributed by atoms with van der Waals surface area (Å²) < 4.78 is 6.98. The summed E-state index contributed by atoms with van der Waals surface area (Å²) in [6.45, 7) is 3.25. The van der Waals surface area contributed by atoms with Gasteiger partial charge in [0, 0.05) is 0 Å². The fraction of sp³-hybridized carbons (Fsp3) is 0.300. The molecule has 4 nitrogen and oxygen atoms in total. The van der Waals surface area contributed by atoms with Crippen molar-refractivity contribution >= 4 is 32.9 Å². The number of oxazole rings is 1. The van der Waals surface area contributed by atoms with Crippen LogP contribution in [-0.4, -0.2) is 23.1 Å². The molecule has 4 heterocycles. The molecule has 2 atom stereocenters. The van der Waals surface area contributed by atoms with Gasteiger partial charge in [0.25, 0.3) is 0 Å². The van der Waals surface area contributed by atoms with Crippen molar-refractivity contribution in [2.75, 3.05) is 13.1 Å². The number of hydrogen-bond donors (Lipinski definition) is 1. The number of piperidine rings is 1. The molecule has 132 valence electrons. The Hall–Kier alpha value is -2.02. The van der Waals surface area contributed by atoms with Gasteiger partial charge in [-0.3, -0.25) is 0 Å². The molecule has 1 aliphatic rings. The number of fused-ring (bicyclic) bond motifs is 1. The number of aromatic nitrogens is 2. The first-order chi connectivity index (χ1) is 12.8. The molecule has 6 heteroatoms. The lowest BCUT2D eigenvalue weighted by Gasteiger charge is -2.28. The van der Waals surface area contributed by atoms with Gasteiger partial charge in [-0.25, -0.2) is 9.97 Å². The van der Waals surface area contributed by atoms with Crippen LogP contribution in [0.3, 0.4) is 0 Å². The number of nitrogens with one attached hydrogen (secondary N) is 1. The lowest BCUT2D eigenvalue weighted by molar-refractivity contribution is -0.920. The quantitative estimate of drug-likeness (QED) is 0.581. The van der Waals surface area contributed by atoms with Gasteiger partial charge in [0.1, 0.15) is 23.5 Å². The first-order valence-corrected chi connectivity index (χ1v) is 10.7. The van der Waals surface area contributed by atoms with E-state index >= 15 is 0 Å². The van der Waals surface area contributed by atoms with Crippen LogP contribution < -0.4 is 4.90 Å². The fourth-order valence-electron chi connectivity index (χ4n) is 3.74. The minimum atomic E-state index is 0.555. The predicted octanol–water partition coefficient (Wildman–Crippen LogP) is 3.98. The smallest absolute Gasteiger partial charge is 0.236 e. The summed E-state index contributed by atoms with van der Waals surface area (Å²) in [6, 6.07) is 12.5. The Bertz CT molecular complexity index is 972. The Morgan fingerprint density at radius 3 is 3.00 bits per heavy atom. The van der Waals surface area contributed by atoms with Crippen LogP contribution in [0.4, 0.5) is 0 Å². The van der Waals surface area contributed by atoms with Crippen LogP contribution in [0.1, 0.15) is 29.5 Å². The Morgan fingerprint density at radius 2 is 2.12 bits per heavy atom. The fourth-order valence-corrected chi connectivity index (χ4v) is 5.50. The molecule has 0 saturated carbocycles. The molecular formula is C20H20N3OS2+. The zero-order chi connectivity index (χ0) is 17.3. The van der Waals surface area contributed by atoms with Crippen molar-refractivity contribution in [2.24, 2.45) is 0 Å². The minimum absolute atomic E-state index is 0.555. The van der Waals surface area contributed by atoms with Gasteiger partial charge in [-0.1, -0.05) is 18.2 Å². The van der Waals surface area contributed by atoms with E-state index in [1.54, 1.807) is 16.2 Å². The molecule has 1 aromatic carbocycles. The third-order valence-electron chi connectivity index (χ3n) is 4.99. The van der Waals surface area contributed by atoms with Gasteiger partial charge < -0.3 is 9.32 Å². The number of thiophene rings is 1. The topological polar surface area (TPSA) is 43.4 Å². The SMILES string of the molecule is c1csc(-c2nc(C[NH+]3CCC[C@H](c4nc5ccccc5s4)C3)co2)c1. The van der Waals surface area contributed by atoms with Crippen molar-refractivity contribution in [1.29, 1.82) is 0 Å². The summed E-state index contributed by atoms with van der Waals surface area (Å²) in [4.78, 5) is 12.2. The van der Waals surface area contributed by atoms with E-state index in [1.165, 1.54) is 29.1 Å². The molecule has 0 radical (unpaired) electrons. The van der Waals surface area contributed by atoms with E-state index in [-0.39, 0.29) is 0 Å². The molecule has 3 aromatic heterocycles. The maximum Gasteiger partial charge on any atom is 0.236 e. The van der Waals surface area contributed by atoms with Crippen LogP contribution in [0.15, 0.2) is 52.5 Å². The molecule has 1 fully saturated rings. The number of quaternary nitrogens is 1. The summed E-state index contributed by atoms with van der Waals surface area (Å²) in [6.07, 6.45) is 4.30. The molecule has 1 N–H and O–H groups in total. The van der Waals surface area contributed by atoms with Gasteiger partial charge in [-0.2, -0.15) is 0 Å². The van der Waals surface area contributed by atoms with Crippen LogP contribution in [0.25, 0.3) is 21.0 Å². The molecule has 0 amide bonds. The minimum Gasteiger partial charge on any atom is -0.443 e. The highest BCUT2D eigenvalue weighted by Gasteiger charge is 2.27. The van der Waals surface area contributed by atoms with Gasteiger partial charge in [0.2, 0.25) is 5.89 Å². The average molecular weight is 383 g/mol. The zero-order valence-corrected chi connectivity index (χ0v) is 16.0. The zero-order valence-electron chi connectivity index (χ0n) is 14.4. The van der Waals surface area contributed by atoms with Gasteiger partial charge in [0.15, 0.2) is 0 Å². The number of para-hydroxylation sites is 1. The number of hydrogen-bond acceptors (Lipinski definition) is 5. The van der Waals surface area contributed by atoms with Crippen LogP contribution in [0.5, 0.6) is 0 Å². The Morgan fingerprint density at radius 1 is 1.15 bits per heavy atom. The Balaban J connectivity index is 1.30. The van der Waals surface area contributed by atoms with Crippen molar-refractivity contribution in [2.45, 2.75) is 25.3 Å². The summed E-state index contributed by atoms with van der Waals surface area (Å²) >= 11 is 3.52. The third kappa shape index (κ3) is 3.20. The maximum atomic E-state index is 5.68. The summed E-state index contributed by atoms with van der Waals surface area (Å²) in [5.74, 6) is 1.30. The van der Waals surface area contributed by atoms with E-state index in [9.17, 15) is 0 Å². The number of thiazole rings is 1. The average Bonchev–Trinajstić information content (AvgIpc) is 3.41. The van der Waals surface area contributed by atoms with E-state index in [1.807, 2.05) is 23.7 Å². The standard InChI is InChI=1S/C20H19N3OS2/c1-2-7-17-16(6-1)22-20(26-17)14-5-3-9-23(11-14)12-15-13-24-19(21-15)18-8-4-10-25-18/h1-2,4,6-8,10,13-14H,3,5,9,11-12H2/p+1/t14-/m0/s1. The molecule has 1 saturated heterocycles. The van der Waals surface area contributed by atoms with Crippen LogP contribution >= 0.6 is 22.7 Å². The monoisotopic (exact) mass is 382 g/mol. The molecule has 1 aliphatic heterocycles. The molecule has 4 aromatic rings. The Labute approximate surface area is 160 Å². The second kappa shape index (κ2) is 6.95. The predicted molar refractivity (Wildman–Crippen MR) is 106 cm³/mol. The molecule has 0 aliphatic carbocycles. The third-order valence-corrected chi connectivity index (χ3v) is 7.05. The van der Waals surface area contributed by atoms with Gasteiger partial charge in [-0.05, 0) is 36.4 Å². The second-order valence-corrected chi connectivity index (χ2v) is 8.87. The second-order valence-electron chi connectivity index (χ2n) is 6.86. The van der Waals surface area contributed by atoms with Crippen molar-refractivity contribution in [3.8, 4) is 10.8 Å². The van der Waals surface area contributed by atoms with Crippen molar-refractivity contribution < 1.29 is 9.32 Å². The van der Waals surface area contributed by atoms with Crippen molar-refractivity contribution in [1.82, 2.24) is 9.97 Å². The number of likely N-dealkylation sites (tertiary alicyclic amines) is 1.